The summed E-state index contributed by atoms with van der Waals surface area (Å²) in [5, 5.41) is 0. The highest BCUT2D eigenvalue weighted by atomic mass is 16.5. The van der Waals surface area contributed by atoms with Gasteiger partial charge < -0.3 is 4.74 Å². The van der Waals surface area contributed by atoms with Crippen LogP contribution < -0.4 is 0 Å². The number of hydrogen-bond donors (Lipinski definition) is 0. The molecule has 0 fully saturated rings. The fraction of sp³-hybridized carbons (Fsp3) is 0.231. The van der Waals surface area contributed by atoms with Crippen LogP contribution >= 0.6 is 0 Å². The highest BCUT2D eigenvalue weighted by Crippen LogP contribution is 2.01. The number of esters is 1. The molecule has 3 heteroatoms. The molecule has 82 valence electrons. The molecule has 0 aliphatic carbocycles. The summed E-state index contributed by atoms with van der Waals surface area (Å²) < 4.78 is 4.83. The molecule has 0 radical (unpaired) electrons. The van der Waals surface area contributed by atoms with E-state index in [0.29, 0.717) is 0 Å². The van der Waals surface area contributed by atoms with Crippen molar-refractivity contribution in [3.8, 4) is 11.8 Å². The molecule has 0 saturated carbocycles. The van der Waals surface area contributed by atoms with Gasteiger partial charge in [-0.25, -0.2) is 4.79 Å². The Morgan fingerprint density at radius 1 is 1.25 bits per heavy atom. The Bertz CT molecular complexity index is 423. The van der Waals surface area contributed by atoms with Crippen LogP contribution in [0.1, 0.15) is 18.9 Å². The molecule has 0 aromatic heterocycles. The number of carbonyl (C=O) groups excluding carboxylic acids is 2. The van der Waals surface area contributed by atoms with Crippen molar-refractivity contribution in [2.75, 3.05) is 0 Å². The van der Waals surface area contributed by atoms with E-state index in [-0.39, 0.29) is 13.0 Å². The molecule has 0 saturated heterocycles. The Balaban J connectivity index is 2.40. The van der Waals surface area contributed by atoms with Crippen LogP contribution in [-0.2, 0) is 20.9 Å². The third kappa shape index (κ3) is 3.97. The van der Waals surface area contributed by atoms with E-state index in [4.69, 9.17) is 4.74 Å². The Hall–Kier alpha value is -2.08. The van der Waals surface area contributed by atoms with Gasteiger partial charge in [-0.15, -0.1) is 5.92 Å². The monoisotopic (exact) mass is 216 g/mol. The van der Waals surface area contributed by atoms with E-state index in [1.165, 1.54) is 0 Å². The molecular weight excluding hydrogens is 204 g/mol. The Kier molecular flexibility index (Phi) is 4.81. The average Bonchev–Trinajstić information content (AvgIpc) is 2.34. The normalized spacial score (nSPS) is 8.81. The molecule has 1 aromatic rings. The molecule has 16 heavy (non-hydrogen) atoms. The van der Waals surface area contributed by atoms with Crippen LogP contribution in [0.5, 0.6) is 0 Å². The van der Waals surface area contributed by atoms with E-state index in [1.807, 2.05) is 30.3 Å². The molecule has 0 bridgehead atoms. The van der Waals surface area contributed by atoms with E-state index >= 15 is 0 Å². The zero-order valence-corrected chi connectivity index (χ0v) is 9.03. The summed E-state index contributed by atoms with van der Waals surface area (Å²) in [5.41, 5.74) is 0.852. The van der Waals surface area contributed by atoms with Crippen LogP contribution in [0.3, 0.4) is 0 Å². The maximum absolute atomic E-state index is 11.2. The summed E-state index contributed by atoms with van der Waals surface area (Å²) in [5.74, 6) is 3.64. The maximum atomic E-state index is 11.2. The second-order valence-electron chi connectivity index (χ2n) is 3.09. The number of Topliss-reactive ketones (excluding diaryl/α,β-unsaturated/α-hetero) is 1. The minimum absolute atomic E-state index is 0.0792. The van der Waals surface area contributed by atoms with Gasteiger partial charge in [-0.1, -0.05) is 36.3 Å². The first-order chi connectivity index (χ1) is 7.74. The molecule has 0 unspecified atom stereocenters. The molecule has 1 rings (SSSR count). The van der Waals surface area contributed by atoms with Gasteiger partial charge in [0.05, 0.1) is 6.42 Å². The van der Waals surface area contributed by atoms with Crippen molar-refractivity contribution in [1.29, 1.82) is 0 Å². The standard InChI is InChI=1S/C13H12O3/c1-2-3-9-12(14)13(15)16-10-11-7-5-4-6-8-11/h4-8H,9-10H2,1H3. The number of hydrogen-bond acceptors (Lipinski definition) is 3. The van der Waals surface area contributed by atoms with Crippen molar-refractivity contribution in [2.24, 2.45) is 0 Å². The molecule has 0 heterocycles. The van der Waals surface area contributed by atoms with Crippen LogP contribution in [0, 0.1) is 11.8 Å². The number of benzene rings is 1. The van der Waals surface area contributed by atoms with Crippen LogP contribution in [0.25, 0.3) is 0 Å². The first kappa shape index (κ1) is 12.0. The lowest BCUT2D eigenvalue weighted by molar-refractivity contribution is -0.154. The molecular formula is C13H12O3. The van der Waals surface area contributed by atoms with Crippen molar-refractivity contribution in [3.05, 3.63) is 35.9 Å². The molecule has 0 aliphatic heterocycles. The summed E-state index contributed by atoms with van der Waals surface area (Å²) in [6, 6.07) is 9.20. The highest BCUT2D eigenvalue weighted by Gasteiger charge is 2.13. The van der Waals surface area contributed by atoms with Gasteiger partial charge in [0.25, 0.3) is 5.78 Å². The van der Waals surface area contributed by atoms with Crippen LogP contribution in [0.15, 0.2) is 30.3 Å². The van der Waals surface area contributed by atoms with Crippen LogP contribution in [-0.4, -0.2) is 11.8 Å². The average molecular weight is 216 g/mol. The van der Waals surface area contributed by atoms with E-state index in [2.05, 4.69) is 11.8 Å². The minimum atomic E-state index is -0.827. The van der Waals surface area contributed by atoms with E-state index < -0.39 is 11.8 Å². The van der Waals surface area contributed by atoms with Gasteiger partial charge in [0, 0.05) is 0 Å². The van der Waals surface area contributed by atoms with Crippen molar-refractivity contribution in [2.45, 2.75) is 20.0 Å². The molecule has 0 N–H and O–H groups in total. The van der Waals surface area contributed by atoms with Crippen LogP contribution in [0.2, 0.25) is 0 Å². The SMILES string of the molecule is CC#CCC(=O)C(=O)OCc1ccccc1. The third-order valence-corrected chi connectivity index (χ3v) is 1.87. The Morgan fingerprint density at radius 3 is 2.56 bits per heavy atom. The Morgan fingerprint density at radius 2 is 1.94 bits per heavy atom. The summed E-state index contributed by atoms with van der Waals surface area (Å²) >= 11 is 0. The fourth-order valence-electron chi connectivity index (χ4n) is 1.04. The smallest absolute Gasteiger partial charge is 0.375 e. The van der Waals surface area contributed by atoms with Gasteiger partial charge in [0.15, 0.2) is 0 Å². The Labute approximate surface area is 94.4 Å². The lowest BCUT2D eigenvalue weighted by Crippen LogP contribution is -2.16. The molecule has 0 amide bonds. The van der Waals surface area contributed by atoms with E-state index in [9.17, 15) is 9.59 Å². The van der Waals surface area contributed by atoms with E-state index in [1.54, 1.807) is 6.92 Å². The second-order valence-corrected chi connectivity index (χ2v) is 3.09. The summed E-state index contributed by atoms with van der Waals surface area (Å²) in [6.45, 7) is 1.73. The number of rotatable bonds is 4. The topological polar surface area (TPSA) is 43.4 Å². The zero-order chi connectivity index (χ0) is 11.8. The largest absolute Gasteiger partial charge is 0.455 e. The summed E-state index contributed by atoms with van der Waals surface area (Å²) in [4.78, 5) is 22.3. The lowest BCUT2D eigenvalue weighted by atomic mass is 10.2. The molecule has 0 spiro atoms. The fourth-order valence-corrected chi connectivity index (χ4v) is 1.04. The van der Waals surface area contributed by atoms with Gasteiger partial charge in [0.2, 0.25) is 0 Å². The maximum Gasteiger partial charge on any atom is 0.375 e. The number of ketones is 1. The zero-order valence-electron chi connectivity index (χ0n) is 9.03. The van der Waals surface area contributed by atoms with Gasteiger partial charge in [-0.05, 0) is 12.5 Å². The van der Waals surface area contributed by atoms with Crippen molar-refractivity contribution < 1.29 is 14.3 Å². The molecule has 0 atom stereocenters. The molecule has 1 aromatic carbocycles. The minimum Gasteiger partial charge on any atom is -0.455 e. The summed E-state index contributed by atoms with van der Waals surface area (Å²) in [7, 11) is 0. The number of carbonyl (C=O) groups is 2. The first-order valence-electron chi connectivity index (χ1n) is 4.87. The highest BCUT2D eigenvalue weighted by molar-refractivity contribution is 6.34. The van der Waals surface area contributed by atoms with E-state index in [0.717, 1.165) is 5.56 Å². The lowest BCUT2D eigenvalue weighted by Gasteiger charge is -2.02. The van der Waals surface area contributed by atoms with Gasteiger partial charge in [-0.2, -0.15) is 0 Å². The van der Waals surface area contributed by atoms with Gasteiger partial charge >= 0.3 is 5.97 Å². The molecule has 0 aliphatic rings. The van der Waals surface area contributed by atoms with Gasteiger partial charge in [0.1, 0.15) is 6.61 Å². The molecule has 3 nitrogen and oxygen atoms in total. The second kappa shape index (κ2) is 6.41. The first-order valence-corrected chi connectivity index (χ1v) is 4.87. The number of ether oxygens (including phenoxy) is 1. The predicted octanol–water partition coefficient (Wildman–Crippen LogP) is 1.71. The van der Waals surface area contributed by atoms with Gasteiger partial charge in [-0.3, -0.25) is 4.79 Å². The third-order valence-electron chi connectivity index (χ3n) is 1.87. The van der Waals surface area contributed by atoms with Crippen molar-refractivity contribution in [1.82, 2.24) is 0 Å². The van der Waals surface area contributed by atoms with Crippen LogP contribution in [0.4, 0.5) is 0 Å². The predicted molar refractivity (Wildman–Crippen MR) is 59.3 cm³/mol. The van der Waals surface area contributed by atoms with Crippen molar-refractivity contribution in [3.63, 3.8) is 0 Å². The van der Waals surface area contributed by atoms with Crippen molar-refractivity contribution >= 4 is 11.8 Å². The summed E-state index contributed by atoms with van der Waals surface area (Å²) in [6.07, 6.45) is -0.0792. The quantitative estimate of drug-likeness (QED) is 0.437.